The second-order valence-electron chi connectivity index (χ2n) is 10.3. The third-order valence-corrected chi connectivity index (χ3v) is 8.86. The minimum Gasteiger partial charge on any atom is -0.478 e. The summed E-state index contributed by atoms with van der Waals surface area (Å²) in [5.41, 5.74) is 5.38. The zero-order chi connectivity index (χ0) is 29.1. The molecule has 9 heteroatoms. The summed E-state index contributed by atoms with van der Waals surface area (Å²) in [5, 5.41) is 8.87. The number of benzene rings is 3. The molecule has 3 aromatic carbocycles. The first kappa shape index (κ1) is 30.4. The SMILES string of the molecule is FC1(F)CCc2cccc(Br)c2C1.O=C(O)c1cccc2c1CC(F)(F)CC2.O=C1CCc2cccc(Br)c2C1. The number of ketones is 1. The second kappa shape index (κ2) is 12.6. The summed E-state index contributed by atoms with van der Waals surface area (Å²) >= 11 is 6.76. The van der Waals surface area contributed by atoms with Crippen LogP contribution in [0, 0.1) is 0 Å². The average Bonchev–Trinajstić information content (AvgIpc) is 2.89. The molecule has 1 N–H and O–H groups in total. The fourth-order valence-corrected chi connectivity index (χ4v) is 6.33. The summed E-state index contributed by atoms with van der Waals surface area (Å²) in [7, 11) is 0. The Morgan fingerprint density at radius 1 is 0.675 bits per heavy atom. The van der Waals surface area contributed by atoms with E-state index < -0.39 is 24.2 Å². The smallest absolute Gasteiger partial charge is 0.335 e. The predicted molar refractivity (Wildman–Crippen MR) is 153 cm³/mol. The molecule has 212 valence electrons. The lowest BCUT2D eigenvalue weighted by Crippen LogP contribution is -2.27. The van der Waals surface area contributed by atoms with E-state index in [9.17, 15) is 27.2 Å². The molecule has 0 unspecified atom stereocenters. The molecule has 0 aliphatic heterocycles. The van der Waals surface area contributed by atoms with Crippen molar-refractivity contribution in [3.8, 4) is 0 Å². The zero-order valence-corrected chi connectivity index (χ0v) is 24.8. The molecule has 6 rings (SSSR count). The minimum absolute atomic E-state index is 0.00637. The Bertz CT molecular complexity index is 1420. The summed E-state index contributed by atoms with van der Waals surface area (Å²) in [5.74, 6) is -6.06. The third kappa shape index (κ3) is 7.60. The van der Waals surface area contributed by atoms with E-state index in [0.29, 0.717) is 30.6 Å². The molecule has 0 saturated carbocycles. The van der Waals surface area contributed by atoms with E-state index in [0.717, 1.165) is 32.1 Å². The number of aryl methyl sites for hydroxylation is 3. The van der Waals surface area contributed by atoms with Crippen molar-refractivity contribution in [1.82, 2.24) is 0 Å². The fourth-order valence-electron chi connectivity index (χ4n) is 5.24. The molecule has 3 nitrogen and oxygen atoms in total. The van der Waals surface area contributed by atoms with Gasteiger partial charge < -0.3 is 5.11 Å². The Kier molecular flexibility index (Phi) is 9.55. The summed E-state index contributed by atoms with van der Waals surface area (Å²) < 4.78 is 54.2. The topological polar surface area (TPSA) is 54.4 Å². The second-order valence-corrected chi connectivity index (χ2v) is 12.0. The van der Waals surface area contributed by atoms with E-state index in [-0.39, 0.29) is 31.2 Å². The van der Waals surface area contributed by atoms with Crippen LogP contribution in [0.3, 0.4) is 0 Å². The van der Waals surface area contributed by atoms with Crippen molar-refractivity contribution in [3.63, 3.8) is 0 Å². The van der Waals surface area contributed by atoms with Crippen LogP contribution in [0.2, 0.25) is 0 Å². The maximum Gasteiger partial charge on any atom is 0.335 e. The van der Waals surface area contributed by atoms with Gasteiger partial charge in [0.25, 0.3) is 11.8 Å². The summed E-state index contributed by atoms with van der Waals surface area (Å²) in [6.07, 6.45) is 2.19. The van der Waals surface area contributed by atoms with Crippen LogP contribution >= 0.6 is 31.9 Å². The van der Waals surface area contributed by atoms with Gasteiger partial charge in [0.05, 0.1) is 5.56 Å². The number of carbonyl (C=O) groups is 2. The Hall–Kier alpha value is -2.52. The van der Waals surface area contributed by atoms with Gasteiger partial charge in [-0.25, -0.2) is 22.4 Å². The first-order chi connectivity index (χ1) is 18.8. The standard InChI is InChI=1S/C11H10F2O2.C10H9BrF2.C10H9BrO/c12-11(13)5-4-7-2-1-3-8(10(14)15)9(7)6-11;11-9-3-1-2-7-4-5-10(12,13)6-8(7)9;11-10-3-1-2-7-4-5-8(12)6-9(7)10/h1-3H,4-6H2,(H,14,15);1-3H,4-6H2;1-3H,4-6H2. The van der Waals surface area contributed by atoms with E-state index in [1.807, 2.05) is 30.3 Å². The zero-order valence-electron chi connectivity index (χ0n) is 21.6. The molecule has 0 fully saturated rings. The first-order valence-electron chi connectivity index (χ1n) is 13.0. The van der Waals surface area contributed by atoms with Crippen LogP contribution in [0.5, 0.6) is 0 Å². The molecule has 0 radical (unpaired) electrons. The van der Waals surface area contributed by atoms with Crippen molar-refractivity contribution in [2.75, 3.05) is 0 Å². The van der Waals surface area contributed by atoms with E-state index in [1.54, 1.807) is 12.1 Å². The highest BCUT2D eigenvalue weighted by molar-refractivity contribution is 9.10. The maximum absolute atomic E-state index is 13.1. The van der Waals surface area contributed by atoms with E-state index in [2.05, 4.69) is 37.9 Å². The monoisotopic (exact) mass is 682 g/mol. The van der Waals surface area contributed by atoms with Crippen molar-refractivity contribution < 1.29 is 32.3 Å². The van der Waals surface area contributed by atoms with Crippen molar-refractivity contribution in [1.29, 1.82) is 0 Å². The largest absolute Gasteiger partial charge is 0.478 e. The Labute approximate surface area is 247 Å². The molecule has 0 heterocycles. The van der Waals surface area contributed by atoms with Gasteiger partial charge in [0, 0.05) is 47.5 Å². The number of carboxylic acid groups (broad SMARTS) is 1. The van der Waals surface area contributed by atoms with Gasteiger partial charge in [-0.2, -0.15) is 0 Å². The van der Waals surface area contributed by atoms with Crippen LogP contribution in [0.25, 0.3) is 0 Å². The number of rotatable bonds is 1. The van der Waals surface area contributed by atoms with Crippen LogP contribution in [-0.2, 0) is 43.3 Å². The number of Topliss-reactive ketones (excluding diaryl/α,β-unsaturated/α-hetero) is 1. The first-order valence-corrected chi connectivity index (χ1v) is 14.6. The number of alkyl halides is 4. The fraction of sp³-hybridized carbons (Fsp3) is 0.355. The molecule has 3 aromatic rings. The van der Waals surface area contributed by atoms with Gasteiger partial charge in [-0.05, 0) is 70.8 Å². The summed E-state index contributed by atoms with van der Waals surface area (Å²) in [6, 6.07) is 16.5. The number of fused-ring (bicyclic) bond motifs is 3. The molecular formula is C31H28Br2F4O3. The van der Waals surface area contributed by atoms with Gasteiger partial charge >= 0.3 is 5.97 Å². The van der Waals surface area contributed by atoms with Crippen LogP contribution in [0.4, 0.5) is 17.6 Å². The van der Waals surface area contributed by atoms with Gasteiger partial charge in [-0.3, -0.25) is 4.79 Å². The highest BCUT2D eigenvalue weighted by atomic mass is 79.9. The Balaban J connectivity index is 0.000000140. The Morgan fingerprint density at radius 2 is 1.15 bits per heavy atom. The number of halogens is 6. The van der Waals surface area contributed by atoms with Crippen LogP contribution < -0.4 is 0 Å². The normalized spacial score (nSPS) is 18.0. The van der Waals surface area contributed by atoms with Gasteiger partial charge in [0.1, 0.15) is 5.78 Å². The molecule has 0 spiro atoms. The van der Waals surface area contributed by atoms with Gasteiger partial charge in [-0.15, -0.1) is 0 Å². The Morgan fingerprint density at radius 3 is 1.73 bits per heavy atom. The molecule has 0 bridgehead atoms. The number of aromatic carboxylic acids is 1. The van der Waals surface area contributed by atoms with E-state index >= 15 is 0 Å². The van der Waals surface area contributed by atoms with E-state index in [1.165, 1.54) is 17.2 Å². The van der Waals surface area contributed by atoms with Crippen molar-refractivity contribution in [2.45, 2.75) is 69.6 Å². The van der Waals surface area contributed by atoms with Gasteiger partial charge in [-0.1, -0.05) is 68.3 Å². The number of carbonyl (C=O) groups excluding carboxylic acids is 1. The summed E-state index contributed by atoms with van der Waals surface area (Å²) in [6.45, 7) is 0. The van der Waals surface area contributed by atoms with Crippen molar-refractivity contribution in [2.24, 2.45) is 0 Å². The molecule has 3 aliphatic carbocycles. The molecule has 0 atom stereocenters. The van der Waals surface area contributed by atoms with Gasteiger partial charge in [0.15, 0.2) is 0 Å². The lowest BCUT2D eigenvalue weighted by molar-refractivity contribution is -0.118. The molecule has 0 aromatic heterocycles. The molecule has 3 aliphatic rings. The molecule has 40 heavy (non-hydrogen) atoms. The quantitative estimate of drug-likeness (QED) is 0.262. The van der Waals surface area contributed by atoms with Crippen LogP contribution in [0.15, 0.2) is 63.5 Å². The van der Waals surface area contributed by atoms with E-state index in [4.69, 9.17) is 5.11 Å². The lowest BCUT2D eigenvalue weighted by atomic mass is 9.86. The molecular weight excluding hydrogens is 656 g/mol. The molecule has 0 saturated heterocycles. The van der Waals surface area contributed by atoms with Gasteiger partial charge in [0.2, 0.25) is 0 Å². The van der Waals surface area contributed by atoms with Crippen LogP contribution in [0.1, 0.15) is 63.0 Å². The maximum atomic E-state index is 13.1. The number of hydrogen-bond acceptors (Lipinski definition) is 2. The highest BCUT2D eigenvalue weighted by Gasteiger charge is 2.36. The van der Waals surface area contributed by atoms with Crippen LogP contribution in [-0.4, -0.2) is 28.7 Å². The predicted octanol–water partition coefficient (Wildman–Crippen LogP) is 8.59. The minimum atomic E-state index is -2.77. The molecule has 0 amide bonds. The van der Waals surface area contributed by atoms with Crippen molar-refractivity contribution >= 4 is 43.6 Å². The lowest BCUT2D eigenvalue weighted by Gasteiger charge is -2.25. The summed E-state index contributed by atoms with van der Waals surface area (Å²) in [4.78, 5) is 22.0. The number of carboxylic acids is 1. The highest BCUT2D eigenvalue weighted by Crippen LogP contribution is 2.36. The van der Waals surface area contributed by atoms with Crippen molar-refractivity contribution in [3.05, 3.63) is 102 Å². The third-order valence-electron chi connectivity index (χ3n) is 7.37. The average molecular weight is 684 g/mol. The number of hydrogen-bond donors (Lipinski definition) is 1.